The topological polar surface area (TPSA) is 96.1 Å². The number of esters is 1. The largest absolute Gasteiger partial charge is 0.457 e. The van der Waals surface area contributed by atoms with Crippen LogP contribution in [0.15, 0.2) is 57.9 Å². The molecule has 0 aliphatic carbocycles. The molecule has 0 bridgehead atoms. The van der Waals surface area contributed by atoms with Gasteiger partial charge >= 0.3 is 5.97 Å². The fraction of sp³-hybridized carbons (Fsp3) is 0.0556. The van der Waals surface area contributed by atoms with E-state index < -0.39 is 11.5 Å². The molecule has 6 heteroatoms. The van der Waals surface area contributed by atoms with Gasteiger partial charge in [0.15, 0.2) is 0 Å². The van der Waals surface area contributed by atoms with Crippen LogP contribution in [0.3, 0.4) is 0 Å². The highest BCUT2D eigenvalue weighted by atomic mass is 16.5. The highest BCUT2D eigenvalue weighted by Crippen LogP contribution is 2.24. The van der Waals surface area contributed by atoms with E-state index >= 15 is 0 Å². The van der Waals surface area contributed by atoms with E-state index in [1.807, 2.05) is 6.07 Å². The van der Waals surface area contributed by atoms with Gasteiger partial charge in [0.05, 0.1) is 6.26 Å². The van der Waals surface area contributed by atoms with Crippen LogP contribution in [0.25, 0.3) is 11.1 Å². The summed E-state index contributed by atoms with van der Waals surface area (Å²) < 4.78 is 10.2. The average Bonchev–Trinajstić information content (AvgIpc) is 3.09. The molecule has 24 heavy (non-hydrogen) atoms. The second kappa shape index (κ2) is 6.26. The first-order valence-corrected chi connectivity index (χ1v) is 7.08. The van der Waals surface area contributed by atoms with Gasteiger partial charge in [0, 0.05) is 11.3 Å². The third kappa shape index (κ3) is 2.96. The predicted molar refractivity (Wildman–Crippen MR) is 85.6 cm³/mol. The van der Waals surface area contributed by atoms with Gasteiger partial charge in [-0.15, -0.1) is 0 Å². The number of benzene rings is 1. The minimum atomic E-state index is -0.600. The van der Waals surface area contributed by atoms with E-state index in [1.165, 1.54) is 12.3 Å². The van der Waals surface area contributed by atoms with Crippen molar-refractivity contribution in [2.75, 3.05) is 0 Å². The van der Waals surface area contributed by atoms with Gasteiger partial charge in [-0.1, -0.05) is 12.1 Å². The Morgan fingerprint density at radius 3 is 2.62 bits per heavy atom. The highest BCUT2D eigenvalue weighted by Gasteiger charge is 2.13. The lowest BCUT2D eigenvalue weighted by Gasteiger charge is -2.07. The van der Waals surface area contributed by atoms with E-state index in [-0.39, 0.29) is 11.3 Å². The molecule has 0 unspecified atom stereocenters. The lowest BCUT2D eigenvalue weighted by Crippen LogP contribution is -2.12. The van der Waals surface area contributed by atoms with E-state index in [2.05, 4.69) is 4.98 Å². The Labute approximate surface area is 136 Å². The number of carbonyl (C=O) groups is 1. The zero-order chi connectivity index (χ0) is 17.1. The first-order chi connectivity index (χ1) is 11.6. The molecule has 2 aromatic heterocycles. The van der Waals surface area contributed by atoms with Gasteiger partial charge in [0.2, 0.25) is 5.76 Å². The van der Waals surface area contributed by atoms with Crippen molar-refractivity contribution in [1.82, 2.24) is 4.98 Å². The molecule has 1 aromatic carbocycles. The number of aryl methyl sites for hydroxylation is 1. The number of nitriles is 1. The summed E-state index contributed by atoms with van der Waals surface area (Å²) in [6.45, 7) is 1.74. The molecule has 118 valence electrons. The van der Waals surface area contributed by atoms with Crippen molar-refractivity contribution in [2.24, 2.45) is 0 Å². The smallest absolute Gasteiger partial charge is 0.379 e. The first kappa shape index (κ1) is 15.3. The summed E-state index contributed by atoms with van der Waals surface area (Å²) in [7, 11) is 0. The van der Waals surface area contributed by atoms with Crippen molar-refractivity contribution in [3.63, 3.8) is 0 Å². The standard InChI is InChI=1S/C18H12N2O4/c1-11-9-14(15(10-19)17(21)20-11)12-4-6-13(7-5-12)24-18(22)16-3-2-8-23-16/h2-9H,1H3,(H,20,21). The molecule has 6 nitrogen and oxygen atoms in total. The Balaban J connectivity index is 1.89. The Hall–Kier alpha value is -3.59. The van der Waals surface area contributed by atoms with Gasteiger partial charge in [-0.2, -0.15) is 5.26 Å². The zero-order valence-electron chi connectivity index (χ0n) is 12.7. The van der Waals surface area contributed by atoms with Crippen molar-refractivity contribution >= 4 is 5.97 Å². The molecule has 0 spiro atoms. The van der Waals surface area contributed by atoms with Crippen LogP contribution in [0.5, 0.6) is 5.75 Å². The van der Waals surface area contributed by atoms with Gasteiger partial charge in [-0.3, -0.25) is 4.79 Å². The molecule has 3 rings (SSSR count). The van der Waals surface area contributed by atoms with Gasteiger partial charge in [0.25, 0.3) is 5.56 Å². The molecule has 2 heterocycles. The van der Waals surface area contributed by atoms with Crippen LogP contribution < -0.4 is 10.3 Å². The molecule has 0 aliphatic rings. The minimum absolute atomic E-state index is 0.0425. The summed E-state index contributed by atoms with van der Waals surface area (Å²) in [5.74, 6) is -0.159. The maximum atomic E-state index is 11.9. The molecule has 0 saturated heterocycles. The van der Waals surface area contributed by atoms with Gasteiger partial charge in [0.1, 0.15) is 17.4 Å². The number of rotatable bonds is 3. The van der Waals surface area contributed by atoms with Gasteiger partial charge in [-0.25, -0.2) is 4.79 Å². The normalized spacial score (nSPS) is 10.2. The van der Waals surface area contributed by atoms with E-state index in [4.69, 9.17) is 9.15 Å². The van der Waals surface area contributed by atoms with Gasteiger partial charge in [-0.05, 0) is 42.8 Å². The third-order valence-corrected chi connectivity index (χ3v) is 3.38. The fourth-order valence-electron chi connectivity index (χ4n) is 2.28. The summed E-state index contributed by atoms with van der Waals surface area (Å²) in [4.78, 5) is 26.3. The number of aromatic nitrogens is 1. The maximum absolute atomic E-state index is 11.9. The van der Waals surface area contributed by atoms with Crippen LogP contribution in [0.2, 0.25) is 0 Å². The van der Waals surface area contributed by atoms with E-state index in [0.29, 0.717) is 22.6 Å². The number of H-pyrrole nitrogens is 1. The quantitative estimate of drug-likeness (QED) is 0.591. The monoisotopic (exact) mass is 320 g/mol. The SMILES string of the molecule is Cc1cc(-c2ccc(OC(=O)c3ccco3)cc2)c(C#N)c(=O)[nH]1. The predicted octanol–water partition coefficient (Wildman–Crippen LogP) is 3.03. The molecular formula is C18H12N2O4. The van der Waals surface area contributed by atoms with Crippen molar-refractivity contribution < 1.29 is 13.9 Å². The molecule has 0 atom stereocenters. The Morgan fingerprint density at radius 2 is 2.00 bits per heavy atom. The van der Waals surface area contributed by atoms with E-state index in [9.17, 15) is 14.9 Å². The molecule has 0 fully saturated rings. The second-order valence-corrected chi connectivity index (χ2v) is 5.07. The molecular weight excluding hydrogens is 308 g/mol. The number of carbonyl (C=O) groups excluding carboxylic acids is 1. The summed E-state index contributed by atoms with van der Waals surface area (Å²) in [6, 6.07) is 13.3. The van der Waals surface area contributed by atoms with Crippen molar-refractivity contribution in [1.29, 1.82) is 5.26 Å². The second-order valence-electron chi connectivity index (χ2n) is 5.07. The summed E-state index contributed by atoms with van der Waals surface area (Å²) in [6.07, 6.45) is 1.39. The summed E-state index contributed by atoms with van der Waals surface area (Å²) >= 11 is 0. The number of ether oxygens (including phenoxy) is 1. The number of hydrogen-bond acceptors (Lipinski definition) is 5. The molecule has 3 aromatic rings. The van der Waals surface area contributed by atoms with Crippen LogP contribution in [-0.2, 0) is 0 Å². The van der Waals surface area contributed by atoms with Crippen molar-refractivity contribution in [3.8, 4) is 22.9 Å². The minimum Gasteiger partial charge on any atom is -0.457 e. The van der Waals surface area contributed by atoms with Gasteiger partial charge < -0.3 is 14.1 Å². The zero-order valence-corrected chi connectivity index (χ0v) is 12.7. The van der Waals surface area contributed by atoms with E-state index in [1.54, 1.807) is 43.3 Å². The molecule has 0 radical (unpaired) electrons. The Bertz CT molecular complexity index is 977. The summed E-state index contributed by atoms with van der Waals surface area (Å²) in [5, 5.41) is 9.18. The molecule has 0 saturated carbocycles. The molecule has 0 aliphatic heterocycles. The highest BCUT2D eigenvalue weighted by molar-refractivity contribution is 5.88. The number of pyridine rings is 1. The molecule has 0 amide bonds. The Morgan fingerprint density at radius 1 is 1.25 bits per heavy atom. The van der Waals surface area contributed by atoms with Crippen molar-refractivity contribution in [2.45, 2.75) is 6.92 Å². The number of furan rings is 1. The summed E-state index contributed by atoms with van der Waals surface area (Å²) in [5.41, 5.74) is 1.48. The van der Waals surface area contributed by atoms with Crippen LogP contribution in [0, 0.1) is 18.3 Å². The number of aromatic amines is 1. The first-order valence-electron chi connectivity index (χ1n) is 7.08. The van der Waals surface area contributed by atoms with Crippen molar-refractivity contribution in [3.05, 3.63) is 76.1 Å². The van der Waals surface area contributed by atoms with Crippen LogP contribution in [0.1, 0.15) is 21.8 Å². The lowest BCUT2D eigenvalue weighted by atomic mass is 10.0. The van der Waals surface area contributed by atoms with Crippen LogP contribution >= 0.6 is 0 Å². The van der Waals surface area contributed by atoms with Crippen LogP contribution in [0.4, 0.5) is 0 Å². The average molecular weight is 320 g/mol. The third-order valence-electron chi connectivity index (χ3n) is 3.38. The maximum Gasteiger partial charge on any atom is 0.379 e. The number of hydrogen-bond donors (Lipinski definition) is 1. The van der Waals surface area contributed by atoms with E-state index in [0.717, 1.165) is 0 Å². The van der Waals surface area contributed by atoms with Crippen LogP contribution in [-0.4, -0.2) is 11.0 Å². The fourth-order valence-corrected chi connectivity index (χ4v) is 2.28. The lowest BCUT2D eigenvalue weighted by molar-refractivity contribution is 0.0701. The molecule has 1 N–H and O–H groups in total. The number of nitrogens with zero attached hydrogens (tertiary/aromatic N) is 1. The Kier molecular flexibility index (Phi) is 4.00. The number of nitrogens with one attached hydrogen (secondary N) is 1.